The minimum Gasteiger partial charge on any atom is -0.333 e. The summed E-state index contributed by atoms with van der Waals surface area (Å²) < 4.78 is 45.7. The van der Waals surface area contributed by atoms with Gasteiger partial charge in [0.15, 0.2) is 0 Å². The lowest BCUT2D eigenvalue weighted by molar-refractivity contribution is -0.141. The summed E-state index contributed by atoms with van der Waals surface area (Å²) in [6.45, 7) is 1.70. The van der Waals surface area contributed by atoms with Crippen LogP contribution in [-0.4, -0.2) is 42.8 Å². The fraction of sp³-hybridized carbons (Fsp3) is 0.316. The van der Waals surface area contributed by atoms with Gasteiger partial charge in [-0.2, -0.15) is 23.3 Å². The molecule has 1 aliphatic heterocycles. The van der Waals surface area contributed by atoms with E-state index in [2.05, 4.69) is 30.5 Å². The van der Waals surface area contributed by atoms with E-state index in [0.717, 1.165) is 37.7 Å². The van der Waals surface area contributed by atoms with Crippen molar-refractivity contribution in [3.8, 4) is 23.0 Å². The second kappa shape index (κ2) is 8.36. The maximum absolute atomic E-state index is 12.9. The van der Waals surface area contributed by atoms with Crippen molar-refractivity contribution >= 4 is 18.1 Å². The first-order chi connectivity index (χ1) is 14.9. The number of pyridine rings is 1. The Morgan fingerprint density at radius 2 is 1.94 bits per heavy atom. The van der Waals surface area contributed by atoms with Crippen molar-refractivity contribution in [2.24, 2.45) is 0 Å². The van der Waals surface area contributed by atoms with Crippen molar-refractivity contribution in [2.75, 3.05) is 13.1 Å². The Morgan fingerprint density at radius 1 is 1.16 bits per heavy atom. The maximum Gasteiger partial charge on any atom is 0.433 e. The molecule has 0 aromatic carbocycles. The number of H-pyrrole nitrogens is 1. The molecule has 0 radical (unpaired) electrons. The standard InChI is InChI=1S/C19H16F3N7O2.ClH/c20-19(21,22)14-3-1-2-12(25-14)16-27-18(31-28-16)11-9-24-29-13(8-15(30)26-17(11)29)10-4-6-23-7-5-10;/h1-3,8-10,23H,4-7H2,(H,26,30);1H. The third-order valence-corrected chi connectivity index (χ3v) is 5.22. The molecule has 0 spiro atoms. The summed E-state index contributed by atoms with van der Waals surface area (Å²) in [5, 5.41) is 11.4. The molecule has 5 heterocycles. The number of hydrogen-bond acceptors (Lipinski definition) is 7. The second-order valence-electron chi connectivity index (χ2n) is 7.23. The monoisotopic (exact) mass is 467 g/mol. The van der Waals surface area contributed by atoms with Crippen molar-refractivity contribution in [1.29, 1.82) is 0 Å². The highest BCUT2D eigenvalue weighted by Crippen LogP contribution is 2.31. The molecule has 1 aliphatic rings. The minimum absolute atomic E-state index is 0. The van der Waals surface area contributed by atoms with Gasteiger partial charge in [-0.25, -0.2) is 9.50 Å². The van der Waals surface area contributed by atoms with E-state index in [0.29, 0.717) is 11.2 Å². The first-order valence-electron chi connectivity index (χ1n) is 9.60. The van der Waals surface area contributed by atoms with Crippen LogP contribution in [0.4, 0.5) is 13.2 Å². The van der Waals surface area contributed by atoms with E-state index in [4.69, 9.17) is 4.52 Å². The topological polar surface area (TPSA) is 114 Å². The van der Waals surface area contributed by atoms with Crippen LogP contribution in [0.3, 0.4) is 0 Å². The Bertz CT molecular complexity index is 1310. The van der Waals surface area contributed by atoms with Crippen LogP contribution in [0.1, 0.15) is 30.1 Å². The first-order valence-corrected chi connectivity index (χ1v) is 9.60. The molecule has 0 amide bonds. The zero-order valence-electron chi connectivity index (χ0n) is 16.4. The first kappa shape index (κ1) is 22.0. The minimum atomic E-state index is -4.59. The number of nitrogens with one attached hydrogen (secondary N) is 2. The number of hydrogen-bond donors (Lipinski definition) is 2. The van der Waals surface area contributed by atoms with Crippen molar-refractivity contribution in [3.63, 3.8) is 0 Å². The molecule has 168 valence electrons. The van der Waals surface area contributed by atoms with E-state index in [1.54, 1.807) is 4.52 Å². The zero-order valence-corrected chi connectivity index (χ0v) is 17.2. The molecule has 32 heavy (non-hydrogen) atoms. The van der Waals surface area contributed by atoms with Gasteiger partial charge in [-0.15, -0.1) is 12.4 Å². The highest BCUT2D eigenvalue weighted by molar-refractivity contribution is 5.85. The van der Waals surface area contributed by atoms with Crippen molar-refractivity contribution in [1.82, 2.24) is 35.0 Å². The number of alkyl halides is 3. The molecule has 0 atom stereocenters. The number of halogens is 4. The summed E-state index contributed by atoms with van der Waals surface area (Å²) in [4.78, 5) is 22.8. The number of aromatic nitrogens is 6. The maximum atomic E-state index is 12.9. The quantitative estimate of drug-likeness (QED) is 0.476. The number of nitrogens with zero attached hydrogens (tertiary/aromatic N) is 5. The Kier molecular flexibility index (Phi) is 5.73. The van der Waals surface area contributed by atoms with Gasteiger partial charge in [0.05, 0.1) is 11.9 Å². The number of rotatable bonds is 3. The van der Waals surface area contributed by atoms with Crippen LogP contribution in [0.25, 0.3) is 28.6 Å². The van der Waals surface area contributed by atoms with Crippen molar-refractivity contribution < 1.29 is 17.7 Å². The summed E-state index contributed by atoms with van der Waals surface area (Å²) in [6.07, 6.45) is -1.36. The fourth-order valence-corrected chi connectivity index (χ4v) is 3.73. The number of fused-ring (bicyclic) bond motifs is 1. The predicted molar refractivity (Wildman–Crippen MR) is 109 cm³/mol. The normalized spacial score (nSPS) is 15.1. The molecule has 9 nitrogen and oxygen atoms in total. The van der Waals surface area contributed by atoms with Crippen LogP contribution in [0.2, 0.25) is 0 Å². The van der Waals surface area contributed by atoms with E-state index in [9.17, 15) is 18.0 Å². The van der Waals surface area contributed by atoms with E-state index < -0.39 is 11.9 Å². The predicted octanol–water partition coefficient (Wildman–Crippen LogP) is 3.04. The molecule has 1 fully saturated rings. The molecule has 1 saturated heterocycles. The van der Waals surface area contributed by atoms with Crippen LogP contribution in [-0.2, 0) is 6.18 Å². The molecular weight excluding hydrogens is 451 g/mol. The SMILES string of the molecule is Cl.O=c1cc(C2CCNCC2)n2ncc(-c3nc(-c4cccc(C(F)(F)F)n4)no3)c2[nH]1. The van der Waals surface area contributed by atoms with Gasteiger partial charge in [0.25, 0.3) is 11.4 Å². The number of aromatic amines is 1. The largest absolute Gasteiger partial charge is 0.433 e. The number of piperidine rings is 1. The average Bonchev–Trinajstić information content (AvgIpc) is 3.40. The Balaban J connectivity index is 0.00000245. The van der Waals surface area contributed by atoms with Gasteiger partial charge in [-0.3, -0.25) is 4.79 Å². The average molecular weight is 468 g/mol. The molecule has 0 bridgehead atoms. The van der Waals surface area contributed by atoms with Crippen LogP contribution in [0.15, 0.2) is 39.8 Å². The Hall–Kier alpha value is -3.25. The third kappa shape index (κ3) is 3.98. The van der Waals surface area contributed by atoms with Crippen LogP contribution < -0.4 is 10.9 Å². The summed E-state index contributed by atoms with van der Waals surface area (Å²) in [6, 6.07) is 4.98. The van der Waals surface area contributed by atoms with Gasteiger partial charge in [-0.1, -0.05) is 11.2 Å². The van der Waals surface area contributed by atoms with Crippen molar-refractivity contribution in [2.45, 2.75) is 24.9 Å². The molecule has 0 unspecified atom stereocenters. The van der Waals surface area contributed by atoms with E-state index in [1.165, 1.54) is 24.4 Å². The van der Waals surface area contributed by atoms with Crippen LogP contribution in [0.5, 0.6) is 0 Å². The molecule has 13 heteroatoms. The molecule has 4 aromatic rings. The van der Waals surface area contributed by atoms with E-state index >= 15 is 0 Å². The lowest BCUT2D eigenvalue weighted by Crippen LogP contribution is -2.28. The molecule has 4 aromatic heterocycles. The molecule has 0 saturated carbocycles. The van der Waals surface area contributed by atoms with Gasteiger partial charge < -0.3 is 14.8 Å². The molecule has 2 N–H and O–H groups in total. The smallest absolute Gasteiger partial charge is 0.333 e. The molecule has 0 aliphatic carbocycles. The summed E-state index contributed by atoms with van der Waals surface area (Å²) in [5.41, 5.74) is 0.119. The van der Waals surface area contributed by atoms with Gasteiger partial charge in [0, 0.05) is 12.0 Å². The van der Waals surface area contributed by atoms with Gasteiger partial charge in [0.1, 0.15) is 22.6 Å². The van der Waals surface area contributed by atoms with E-state index in [1.807, 2.05) is 0 Å². The highest BCUT2D eigenvalue weighted by atomic mass is 35.5. The second-order valence-corrected chi connectivity index (χ2v) is 7.23. The summed E-state index contributed by atoms with van der Waals surface area (Å²) in [5.74, 6) is 0.0889. The van der Waals surface area contributed by atoms with Gasteiger partial charge >= 0.3 is 6.18 Å². The lowest BCUT2D eigenvalue weighted by atomic mass is 9.94. The lowest BCUT2D eigenvalue weighted by Gasteiger charge is -2.23. The Labute approximate surface area is 184 Å². The van der Waals surface area contributed by atoms with Gasteiger partial charge in [-0.05, 0) is 38.1 Å². The summed E-state index contributed by atoms with van der Waals surface area (Å²) in [7, 11) is 0. The van der Waals surface area contributed by atoms with Crippen LogP contribution in [0, 0.1) is 0 Å². The van der Waals surface area contributed by atoms with Gasteiger partial charge in [0.2, 0.25) is 5.82 Å². The fourth-order valence-electron chi connectivity index (χ4n) is 3.73. The highest BCUT2D eigenvalue weighted by Gasteiger charge is 2.33. The molecular formula is C19H17ClF3N7O2. The van der Waals surface area contributed by atoms with E-state index in [-0.39, 0.29) is 41.3 Å². The third-order valence-electron chi connectivity index (χ3n) is 5.22. The summed E-state index contributed by atoms with van der Waals surface area (Å²) >= 11 is 0. The Morgan fingerprint density at radius 3 is 2.69 bits per heavy atom. The zero-order chi connectivity index (χ0) is 21.6. The van der Waals surface area contributed by atoms with Crippen LogP contribution >= 0.6 is 12.4 Å². The van der Waals surface area contributed by atoms with Crippen molar-refractivity contribution in [3.05, 3.63) is 52.2 Å². The molecule has 5 rings (SSSR count).